The molecule has 6 nitrogen and oxygen atoms in total. The molecule has 27 heavy (non-hydrogen) atoms. The van der Waals surface area contributed by atoms with Gasteiger partial charge in [-0.3, -0.25) is 5.43 Å². The molecule has 6 heteroatoms. The van der Waals surface area contributed by atoms with Gasteiger partial charge in [-0.05, 0) is 38.0 Å². The van der Waals surface area contributed by atoms with E-state index in [9.17, 15) is 0 Å². The number of rotatable bonds is 8. The van der Waals surface area contributed by atoms with E-state index in [1.807, 2.05) is 43.3 Å². The van der Waals surface area contributed by atoms with Crippen molar-refractivity contribution >= 4 is 22.7 Å². The zero-order valence-corrected chi connectivity index (χ0v) is 15.8. The van der Waals surface area contributed by atoms with Gasteiger partial charge in [0.1, 0.15) is 0 Å². The molecule has 2 aromatic carbocycles. The molecule has 1 aromatic heterocycles. The smallest absolute Gasteiger partial charge is 0.227 e. The molecule has 0 aliphatic rings. The summed E-state index contributed by atoms with van der Waals surface area (Å²) >= 11 is 0. The van der Waals surface area contributed by atoms with Crippen LogP contribution in [0, 0.1) is 0 Å². The van der Waals surface area contributed by atoms with E-state index in [0.717, 1.165) is 30.4 Å². The SMILES string of the molecule is C/C=C\N(N)Nc1nc(N(CC)CCc2ccccc2)nc2ccccc12. The van der Waals surface area contributed by atoms with E-state index in [0.29, 0.717) is 11.8 Å². The molecule has 0 atom stereocenters. The molecule has 0 aliphatic carbocycles. The molecular formula is C21H26N6. The Kier molecular flexibility index (Phi) is 6.22. The Morgan fingerprint density at radius 1 is 1.04 bits per heavy atom. The molecular weight excluding hydrogens is 336 g/mol. The summed E-state index contributed by atoms with van der Waals surface area (Å²) in [6, 6.07) is 18.4. The number of likely N-dealkylation sites (N-methyl/N-ethyl adjacent to an activating group) is 1. The first kappa shape index (κ1) is 18.7. The van der Waals surface area contributed by atoms with Gasteiger partial charge < -0.3 is 4.90 Å². The normalized spacial score (nSPS) is 11.1. The highest BCUT2D eigenvalue weighted by Gasteiger charge is 2.13. The van der Waals surface area contributed by atoms with Crippen molar-refractivity contribution in [3.63, 3.8) is 0 Å². The van der Waals surface area contributed by atoms with E-state index in [1.165, 1.54) is 10.7 Å². The Morgan fingerprint density at radius 2 is 1.78 bits per heavy atom. The number of allylic oxidation sites excluding steroid dienone is 1. The van der Waals surface area contributed by atoms with Gasteiger partial charge in [-0.25, -0.2) is 15.9 Å². The average Bonchev–Trinajstić information content (AvgIpc) is 2.69. The van der Waals surface area contributed by atoms with Gasteiger partial charge >= 0.3 is 0 Å². The van der Waals surface area contributed by atoms with Crippen LogP contribution in [0.25, 0.3) is 10.9 Å². The second kappa shape index (κ2) is 9.00. The third-order valence-electron chi connectivity index (χ3n) is 4.31. The molecule has 0 bridgehead atoms. The molecule has 3 rings (SSSR count). The van der Waals surface area contributed by atoms with Crippen LogP contribution < -0.4 is 16.2 Å². The Balaban J connectivity index is 1.89. The number of nitrogens with one attached hydrogen (secondary N) is 1. The topological polar surface area (TPSA) is 70.3 Å². The Hall–Kier alpha value is -3.12. The van der Waals surface area contributed by atoms with Crippen molar-refractivity contribution in [2.24, 2.45) is 5.84 Å². The molecule has 0 radical (unpaired) electrons. The minimum absolute atomic E-state index is 0.689. The molecule has 0 unspecified atom stereocenters. The molecule has 0 fully saturated rings. The summed E-state index contributed by atoms with van der Waals surface area (Å²) < 4.78 is 0. The van der Waals surface area contributed by atoms with E-state index in [4.69, 9.17) is 15.8 Å². The molecule has 3 N–H and O–H groups in total. The summed E-state index contributed by atoms with van der Waals surface area (Å²) in [6.07, 6.45) is 4.54. The first-order chi connectivity index (χ1) is 13.2. The molecule has 0 aliphatic heterocycles. The number of hydrogen-bond donors (Lipinski definition) is 2. The fourth-order valence-corrected chi connectivity index (χ4v) is 2.92. The number of aromatic nitrogens is 2. The highest BCUT2D eigenvalue weighted by molar-refractivity contribution is 5.89. The number of hydrogen-bond acceptors (Lipinski definition) is 6. The molecule has 3 aromatic rings. The lowest BCUT2D eigenvalue weighted by atomic mass is 10.1. The fraction of sp³-hybridized carbons (Fsp3) is 0.238. The van der Waals surface area contributed by atoms with Gasteiger partial charge in [-0.1, -0.05) is 48.5 Å². The molecule has 0 saturated carbocycles. The monoisotopic (exact) mass is 362 g/mol. The van der Waals surface area contributed by atoms with Crippen LogP contribution in [-0.4, -0.2) is 28.2 Å². The van der Waals surface area contributed by atoms with E-state index in [2.05, 4.69) is 41.5 Å². The Bertz CT molecular complexity index is 894. The van der Waals surface area contributed by atoms with Crippen LogP contribution in [0.4, 0.5) is 11.8 Å². The molecule has 1 heterocycles. The third kappa shape index (κ3) is 4.74. The predicted molar refractivity (Wildman–Crippen MR) is 112 cm³/mol. The van der Waals surface area contributed by atoms with Crippen molar-refractivity contribution in [3.8, 4) is 0 Å². The Morgan fingerprint density at radius 3 is 2.52 bits per heavy atom. The lowest BCUT2D eigenvalue weighted by molar-refractivity contribution is 0.472. The molecule has 140 valence electrons. The second-order valence-electron chi connectivity index (χ2n) is 6.21. The first-order valence-electron chi connectivity index (χ1n) is 9.20. The lowest BCUT2D eigenvalue weighted by Gasteiger charge is -2.23. The number of anilines is 2. The average molecular weight is 362 g/mol. The van der Waals surface area contributed by atoms with E-state index in [1.54, 1.807) is 6.20 Å². The molecule has 0 saturated heterocycles. The van der Waals surface area contributed by atoms with Crippen molar-refractivity contribution in [2.75, 3.05) is 23.4 Å². The van der Waals surface area contributed by atoms with Crippen LogP contribution in [0.5, 0.6) is 0 Å². The zero-order valence-electron chi connectivity index (χ0n) is 15.8. The minimum atomic E-state index is 0.689. The van der Waals surface area contributed by atoms with Crippen molar-refractivity contribution in [1.82, 2.24) is 15.1 Å². The predicted octanol–water partition coefficient (Wildman–Crippen LogP) is 3.74. The number of fused-ring (bicyclic) bond motifs is 1. The van der Waals surface area contributed by atoms with Crippen LogP contribution in [0.15, 0.2) is 66.9 Å². The van der Waals surface area contributed by atoms with E-state index >= 15 is 0 Å². The van der Waals surface area contributed by atoms with E-state index in [-0.39, 0.29) is 0 Å². The van der Waals surface area contributed by atoms with Gasteiger partial charge in [0.2, 0.25) is 5.95 Å². The number of nitrogens with zero attached hydrogens (tertiary/aromatic N) is 4. The summed E-state index contributed by atoms with van der Waals surface area (Å²) in [4.78, 5) is 11.7. The Labute approximate surface area is 160 Å². The van der Waals surface area contributed by atoms with Gasteiger partial charge in [-0.2, -0.15) is 4.98 Å². The van der Waals surface area contributed by atoms with Gasteiger partial charge in [0.05, 0.1) is 5.52 Å². The van der Waals surface area contributed by atoms with Crippen molar-refractivity contribution < 1.29 is 0 Å². The number of hydrazine groups is 2. The van der Waals surface area contributed by atoms with Crippen molar-refractivity contribution in [1.29, 1.82) is 0 Å². The maximum Gasteiger partial charge on any atom is 0.227 e. The number of nitrogens with two attached hydrogens (primary N) is 1. The second-order valence-corrected chi connectivity index (χ2v) is 6.21. The summed E-state index contributed by atoms with van der Waals surface area (Å²) in [7, 11) is 0. The summed E-state index contributed by atoms with van der Waals surface area (Å²) in [5, 5.41) is 2.33. The minimum Gasteiger partial charge on any atom is -0.341 e. The maximum absolute atomic E-state index is 5.96. The van der Waals surface area contributed by atoms with Gasteiger partial charge in [-0.15, -0.1) is 0 Å². The lowest BCUT2D eigenvalue weighted by Crippen LogP contribution is -2.32. The number of para-hydroxylation sites is 1. The van der Waals surface area contributed by atoms with Crippen molar-refractivity contribution in [2.45, 2.75) is 20.3 Å². The molecule has 0 spiro atoms. The highest BCUT2D eigenvalue weighted by atomic mass is 15.7. The standard InChI is InChI=1S/C21H26N6/c1-3-15-27(22)25-20-18-12-8-9-13-19(18)23-21(24-20)26(4-2)16-14-17-10-6-5-7-11-17/h3,5-13,15H,4,14,16,22H2,1-2H3,(H,23,24,25)/b15-3-. The molecule has 0 amide bonds. The van der Waals surface area contributed by atoms with E-state index < -0.39 is 0 Å². The first-order valence-corrected chi connectivity index (χ1v) is 9.20. The van der Waals surface area contributed by atoms with Gasteiger partial charge in [0.15, 0.2) is 5.82 Å². The fourth-order valence-electron chi connectivity index (χ4n) is 2.92. The van der Waals surface area contributed by atoms with Crippen LogP contribution in [0.1, 0.15) is 19.4 Å². The van der Waals surface area contributed by atoms with Crippen molar-refractivity contribution in [3.05, 3.63) is 72.4 Å². The summed E-state index contributed by atoms with van der Waals surface area (Å²) in [5.41, 5.74) is 5.31. The highest BCUT2D eigenvalue weighted by Crippen LogP contribution is 2.23. The van der Waals surface area contributed by atoms with Gasteiger partial charge in [0.25, 0.3) is 0 Å². The van der Waals surface area contributed by atoms with Crippen LogP contribution in [0.2, 0.25) is 0 Å². The van der Waals surface area contributed by atoms with Gasteiger partial charge in [0, 0.05) is 24.7 Å². The van der Waals surface area contributed by atoms with Crippen LogP contribution >= 0.6 is 0 Å². The summed E-state index contributed by atoms with van der Waals surface area (Å²) in [5.74, 6) is 7.35. The largest absolute Gasteiger partial charge is 0.341 e. The van der Waals surface area contributed by atoms with Crippen LogP contribution in [-0.2, 0) is 6.42 Å². The zero-order chi connectivity index (χ0) is 19.1. The number of benzene rings is 2. The maximum atomic E-state index is 5.96. The van der Waals surface area contributed by atoms with Crippen LogP contribution in [0.3, 0.4) is 0 Å². The summed E-state index contributed by atoms with van der Waals surface area (Å²) in [6.45, 7) is 5.70. The quantitative estimate of drug-likeness (QED) is 0.470. The third-order valence-corrected chi connectivity index (χ3v) is 4.31.